The SMILES string of the molecule is CN(CC(O)c1ccc(OC(=O)Cc2ccc([N+](=O)[O-])cc2)cc1)C(=O)OC(C)(C)C. The summed E-state index contributed by atoms with van der Waals surface area (Å²) in [5.74, 6) is -0.227. The molecule has 0 heterocycles. The molecule has 0 saturated carbocycles. The van der Waals surface area contributed by atoms with E-state index in [1.165, 1.54) is 36.2 Å². The van der Waals surface area contributed by atoms with Gasteiger partial charge in [0.25, 0.3) is 5.69 Å². The normalized spacial score (nSPS) is 12.0. The molecule has 0 aliphatic heterocycles. The number of carbonyl (C=O) groups excluding carboxylic acids is 2. The van der Waals surface area contributed by atoms with Gasteiger partial charge in [0.05, 0.1) is 24.0 Å². The van der Waals surface area contributed by atoms with E-state index in [1.54, 1.807) is 45.0 Å². The highest BCUT2D eigenvalue weighted by molar-refractivity contribution is 5.75. The fourth-order valence-electron chi connectivity index (χ4n) is 2.61. The van der Waals surface area contributed by atoms with Crippen molar-refractivity contribution < 1.29 is 29.1 Å². The molecular weight excluding hydrogens is 404 g/mol. The lowest BCUT2D eigenvalue weighted by Gasteiger charge is -2.26. The Morgan fingerprint density at radius 1 is 1.10 bits per heavy atom. The summed E-state index contributed by atoms with van der Waals surface area (Å²) in [5, 5.41) is 21.0. The zero-order valence-electron chi connectivity index (χ0n) is 17.9. The van der Waals surface area contributed by atoms with Crippen molar-refractivity contribution in [3.8, 4) is 5.75 Å². The lowest BCUT2D eigenvalue weighted by Crippen LogP contribution is -2.36. The minimum atomic E-state index is -0.942. The topological polar surface area (TPSA) is 119 Å². The van der Waals surface area contributed by atoms with Crippen molar-refractivity contribution in [1.82, 2.24) is 4.90 Å². The zero-order valence-corrected chi connectivity index (χ0v) is 17.9. The summed E-state index contributed by atoms with van der Waals surface area (Å²) in [5.41, 5.74) is 0.456. The zero-order chi connectivity index (χ0) is 23.2. The Balaban J connectivity index is 1.89. The van der Waals surface area contributed by atoms with Crippen LogP contribution in [0.4, 0.5) is 10.5 Å². The largest absolute Gasteiger partial charge is 0.444 e. The van der Waals surface area contributed by atoms with Crippen LogP contribution >= 0.6 is 0 Å². The number of hydrogen-bond acceptors (Lipinski definition) is 7. The number of aliphatic hydroxyl groups excluding tert-OH is 1. The Morgan fingerprint density at radius 3 is 2.19 bits per heavy atom. The van der Waals surface area contributed by atoms with Crippen LogP contribution in [0.2, 0.25) is 0 Å². The predicted octanol–water partition coefficient (Wildman–Crippen LogP) is 3.64. The van der Waals surface area contributed by atoms with Gasteiger partial charge in [-0.1, -0.05) is 24.3 Å². The minimum Gasteiger partial charge on any atom is -0.444 e. The van der Waals surface area contributed by atoms with E-state index < -0.39 is 28.7 Å². The molecule has 0 aliphatic carbocycles. The number of aliphatic hydroxyl groups is 1. The van der Waals surface area contributed by atoms with Gasteiger partial charge in [0.1, 0.15) is 11.4 Å². The van der Waals surface area contributed by atoms with Gasteiger partial charge in [-0.15, -0.1) is 0 Å². The van der Waals surface area contributed by atoms with Gasteiger partial charge in [0, 0.05) is 19.2 Å². The number of benzene rings is 2. The van der Waals surface area contributed by atoms with E-state index in [4.69, 9.17) is 9.47 Å². The summed E-state index contributed by atoms with van der Waals surface area (Å²) in [4.78, 5) is 35.5. The molecule has 0 aliphatic rings. The molecule has 31 heavy (non-hydrogen) atoms. The van der Waals surface area contributed by atoms with E-state index in [9.17, 15) is 24.8 Å². The number of nitro benzene ring substituents is 1. The number of hydrogen-bond donors (Lipinski definition) is 1. The maximum atomic E-state index is 12.1. The standard InChI is InChI=1S/C22H26N2O7/c1-22(2,3)31-21(27)23(4)14-19(25)16-7-11-18(12-8-16)30-20(26)13-15-5-9-17(10-6-15)24(28)29/h5-12,19,25H,13-14H2,1-4H3. The smallest absolute Gasteiger partial charge is 0.410 e. The van der Waals surface area contributed by atoms with E-state index in [-0.39, 0.29) is 18.7 Å². The van der Waals surface area contributed by atoms with E-state index >= 15 is 0 Å². The van der Waals surface area contributed by atoms with Gasteiger partial charge in [-0.2, -0.15) is 0 Å². The Labute approximate surface area is 180 Å². The van der Waals surface area contributed by atoms with Crippen molar-refractivity contribution in [2.75, 3.05) is 13.6 Å². The molecule has 2 aromatic carbocycles. The molecule has 166 valence electrons. The Morgan fingerprint density at radius 2 is 1.68 bits per heavy atom. The van der Waals surface area contributed by atoms with Gasteiger partial charge in [0.15, 0.2) is 0 Å². The van der Waals surface area contributed by atoms with E-state index in [0.29, 0.717) is 16.9 Å². The van der Waals surface area contributed by atoms with Crippen molar-refractivity contribution in [2.45, 2.75) is 38.9 Å². The number of carbonyl (C=O) groups is 2. The van der Waals surface area contributed by atoms with Crippen LogP contribution in [0.25, 0.3) is 0 Å². The summed E-state index contributed by atoms with van der Waals surface area (Å²) >= 11 is 0. The molecule has 2 aromatic rings. The lowest BCUT2D eigenvalue weighted by molar-refractivity contribution is -0.384. The van der Waals surface area contributed by atoms with Crippen LogP contribution in [-0.2, 0) is 16.0 Å². The van der Waals surface area contributed by atoms with Crippen molar-refractivity contribution >= 4 is 17.7 Å². The molecule has 0 bridgehead atoms. The molecule has 1 unspecified atom stereocenters. The predicted molar refractivity (Wildman–Crippen MR) is 113 cm³/mol. The number of amides is 1. The molecule has 0 radical (unpaired) electrons. The van der Waals surface area contributed by atoms with Crippen molar-refractivity contribution in [2.24, 2.45) is 0 Å². The Kier molecular flexibility index (Phi) is 7.71. The second kappa shape index (κ2) is 10.0. The van der Waals surface area contributed by atoms with Gasteiger partial charge < -0.3 is 19.5 Å². The first-order valence-corrected chi connectivity index (χ1v) is 9.61. The Bertz CT molecular complexity index is 918. The van der Waals surface area contributed by atoms with Crippen molar-refractivity contribution in [3.63, 3.8) is 0 Å². The number of ether oxygens (including phenoxy) is 2. The summed E-state index contributed by atoms with van der Waals surface area (Å²) in [7, 11) is 1.53. The highest BCUT2D eigenvalue weighted by atomic mass is 16.6. The molecule has 1 N–H and O–H groups in total. The third-order valence-corrected chi connectivity index (χ3v) is 4.14. The molecule has 0 spiro atoms. The van der Waals surface area contributed by atoms with Crippen molar-refractivity contribution in [3.05, 3.63) is 69.8 Å². The third-order valence-electron chi connectivity index (χ3n) is 4.14. The van der Waals surface area contributed by atoms with Gasteiger partial charge in [-0.25, -0.2) is 4.79 Å². The first-order chi connectivity index (χ1) is 14.4. The highest BCUT2D eigenvalue weighted by Crippen LogP contribution is 2.20. The molecule has 1 atom stereocenters. The van der Waals surface area contributed by atoms with Gasteiger partial charge in [-0.3, -0.25) is 14.9 Å². The summed E-state index contributed by atoms with van der Waals surface area (Å²) in [6.45, 7) is 5.32. The van der Waals surface area contributed by atoms with Gasteiger partial charge in [0.2, 0.25) is 0 Å². The maximum absolute atomic E-state index is 12.1. The lowest BCUT2D eigenvalue weighted by atomic mass is 10.1. The van der Waals surface area contributed by atoms with Crippen LogP contribution in [-0.4, -0.2) is 46.2 Å². The van der Waals surface area contributed by atoms with Gasteiger partial charge in [-0.05, 0) is 44.0 Å². The van der Waals surface area contributed by atoms with Crippen LogP contribution in [0.1, 0.15) is 38.0 Å². The number of nitro groups is 1. The average molecular weight is 430 g/mol. The fraction of sp³-hybridized carbons (Fsp3) is 0.364. The van der Waals surface area contributed by atoms with Crippen LogP contribution in [0.5, 0.6) is 5.75 Å². The molecule has 1 amide bonds. The number of non-ortho nitro benzene ring substituents is 1. The van der Waals surface area contributed by atoms with Crippen LogP contribution in [0.3, 0.4) is 0 Å². The van der Waals surface area contributed by atoms with E-state index in [1.807, 2.05) is 0 Å². The molecular formula is C22H26N2O7. The number of esters is 1. The van der Waals surface area contributed by atoms with Crippen LogP contribution in [0.15, 0.2) is 48.5 Å². The number of nitrogens with zero attached hydrogens (tertiary/aromatic N) is 2. The Hall–Kier alpha value is -3.46. The molecule has 0 fully saturated rings. The molecule has 9 heteroatoms. The summed E-state index contributed by atoms with van der Waals surface area (Å²) in [6, 6.07) is 11.9. The molecule has 2 rings (SSSR count). The van der Waals surface area contributed by atoms with Gasteiger partial charge >= 0.3 is 12.1 Å². The number of rotatable bonds is 7. The maximum Gasteiger partial charge on any atom is 0.410 e. The molecule has 0 aromatic heterocycles. The molecule has 9 nitrogen and oxygen atoms in total. The first kappa shape index (κ1) is 23.8. The second-order valence-corrected chi connectivity index (χ2v) is 8.02. The third kappa shape index (κ3) is 7.71. The van der Waals surface area contributed by atoms with E-state index in [2.05, 4.69) is 0 Å². The highest BCUT2D eigenvalue weighted by Gasteiger charge is 2.22. The average Bonchev–Trinajstić information content (AvgIpc) is 2.67. The fourth-order valence-corrected chi connectivity index (χ4v) is 2.61. The molecule has 0 saturated heterocycles. The van der Waals surface area contributed by atoms with Crippen molar-refractivity contribution in [1.29, 1.82) is 0 Å². The number of likely N-dealkylation sites (N-methyl/N-ethyl adjacent to an activating group) is 1. The summed E-state index contributed by atoms with van der Waals surface area (Å²) < 4.78 is 10.5. The van der Waals surface area contributed by atoms with Crippen LogP contribution in [0, 0.1) is 10.1 Å². The van der Waals surface area contributed by atoms with E-state index in [0.717, 1.165) is 0 Å². The van der Waals surface area contributed by atoms with Crippen LogP contribution < -0.4 is 4.74 Å². The second-order valence-electron chi connectivity index (χ2n) is 8.02. The monoisotopic (exact) mass is 430 g/mol. The first-order valence-electron chi connectivity index (χ1n) is 9.61. The summed E-state index contributed by atoms with van der Waals surface area (Å²) in [6.07, 6.45) is -1.52. The quantitative estimate of drug-likeness (QED) is 0.308. The minimum absolute atomic E-state index is 0.0359.